The molecule has 2 unspecified atom stereocenters. The zero-order valence-corrected chi connectivity index (χ0v) is 14.9. The number of benzene rings is 1. The SMILES string of the molecule is C[C@@H](OC(=O)C12C[C@@H]3C[C@@H](CC(Br)(C3)C1)C2)c1ccc(F)cc1. The number of halogens is 2. The summed E-state index contributed by atoms with van der Waals surface area (Å²) >= 11 is 3.93. The molecule has 0 aromatic heterocycles. The molecule has 0 heterocycles. The minimum Gasteiger partial charge on any atom is -0.457 e. The molecule has 5 rings (SSSR count). The number of carbonyl (C=O) groups is 1. The summed E-state index contributed by atoms with van der Waals surface area (Å²) < 4.78 is 19.0. The quantitative estimate of drug-likeness (QED) is 0.534. The molecular formula is C19H22BrFO2. The summed E-state index contributed by atoms with van der Waals surface area (Å²) in [5.41, 5.74) is 0.542. The average molecular weight is 381 g/mol. The van der Waals surface area contributed by atoms with E-state index in [1.165, 1.54) is 31.4 Å². The molecule has 5 atom stereocenters. The second kappa shape index (κ2) is 5.30. The zero-order valence-electron chi connectivity index (χ0n) is 13.4. The van der Waals surface area contributed by atoms with Gasteiger partial charge < -0.3 is 4.74 Å². The lowest BCUT2D eigenvalue weighted by Crippen LogP contribution is -2.56. The highest BCUT2D eigenvalue weighted by Crippen LogP contribution is 2.64. The van der Waals surface area contributed by atoms with Crippen LogP contribution in [0.1, 0.15) is 57.1 Å². The van der Waals surface area contributed by atoms with Gasteiger partial charge in [0.1, 0.15) is 11.9 Å². The molecule has 0 amide bonds. The molecule has 4 aliphatic rings. The van der Waals surface area contributed by atoms with E-state index in [9.17, 15) is 9.18 Å². The first kappa shape index (κ1) is 15.6. The maximum Gasteiger partial charge on any atom is 0.312 e. The third-order valence-corrected chi connectivity index (χ3v) is 6.97. The summed E-state index contributed by atoms with van der Waals surface area (Å²) in [4.78, 5) is 13.0. The van der Waals surface area contributed by atoms with Gasteiger partial charge in [-0.2, -0.15) is 0 Å². The molecular weight excluding hydrogens is 359 g/mol. The van der Waals surface area contributed by atoms with Gasteiger partial charge >= 0.3 is 5.97 Å². The van der Waals surface area contributed by atoms with Crippen molar-refractivity contribution in [2.24, 2.45) is 17.3 Å². The van der Waals surface area contributed by atoms with Gasteiger partial charge in [0.25, 0.3) is 0 Å². The molecule has 0 spiro atoms. The van der Waals surface area contributed by atoms with Gasteiger partial charge in [0.15, 0.2) is 0 Å². The van der Waals surface area contributed by atoms with Crippen LogP contribution in [-0.4, -0.2) is 10.3 Å². The summed E-state index contributed by atoms with van der Waals surface area (Å²) in [5, 5.41) is 0. The van der Waals surface area contributed by atoms with Crippen molar-refractivity contribution in [1.29, 1.82) is 0 Å². The Hall–Kier alpha value is -0.900. The minimum absolute atomic E-state index is 0.0488. The Kier molecular flexibility index (Phi) is 3.60. The molecule has 4 aliphatic carbocycles. The van der Waals surface area contributed by atoms with Gasteiger partial charge in [-0.15, -0.1) is 0 Å². The van der Waals surface area contributed by atoms with E-state index in [4.69, 9.17) is 4.74 Å². The van der Waals surface area contributed by atoms with Crippen LogP contribution < -0.4 is 0 Å². The van der Waals surface area contributed by atoms with Crippen molar-refractivity contribution in [3.8, 4) is 0 Å². The number of hydrogen-bond donors (Lipinski definition) is 0. The number of alkyl halides is 1. The van der Waals surface area contributed by atoms with Crippen molar-refractivity contribution in [1.82, 2.24) is 0 Å². The third-order valence-electron chi connectivity index (χ3n) is 6.05. The maximum atomic E-state index is 13.0. The second-order valence-electron chi connectivity index (χ2n) is 7.99. The van der Waals surface area contributed by atoms with Gasteiger partial charge in [0.2, 0.25) is 0 Å². The normalized spacial score (nSPS) is 39.3. The summed E-state index contributed by atoms with van der Waals surface area (Å²) in [5.74, 6) is 0.996. The first-order valence-electron chi connectivity index (χ1n) is 8.53. The highest BCUT2D eigenvalue weighted by molar-refractivity contribution is 9.10. The lowest BCUT2D eigenvalue weighted by molar-refractivity contribution is -0.174. The standard InChI is InChI=1S/C19H22BrFO2/c1-12(15-2-4-16(21)5-3-15)23-17(22)18-7-13-6-14(8-18)10-19(20,9-13)11-18/h2-5,12-14H,6-11H2,1H3/t12-,13-,14+,18?,19?/m1/s1. The topological polar surface area (TPSA) is 26.3 Å². The number of ether oxygens (including phenoxy) is 1. The fourth-order valence-corrected chi connectivity index (χ4v) is 6.93. The van der Waals surface area contributed by atoms with Crippen molar-refractivity contribution in [3.05, 3.63) is 35.6 Å². The molecule has 4 saturated carbocycles. The molecule has 0 aliphatic heterocycles. The van der Waals surface area contributed by atoms with Crippen LogP contribution in [0.15, 0.2) is 24.3 Å². The molecule has 4 bridgehead atoms. The molecule has 4 heteroatoms. The van der Waals surface area contributed by atoms with Crippen LogP contribution in [0.25, 0.3) is 0 Å². The number of esters is 1. The summed E-state index contributed by atoms with van der Waals surface area (Å²) in [6, 6.07) is 6.22. The minimum atomic E-state index is -0.331. The van der Waals surface area contributed by atoms with E-state index in [1.54, 1.807) is 12.1 Å². The van der Waals surface area contributed by atoms with Crippen LogP contribution in [0.2, 0.25) is 0 Å². The molecule has 1 aromatic rings. The Morgan fingerprint density at radius 2 is 1.83 bits per heavy atom. The summed E-state index contributed by atoms with van der Waals surface area (Å²) in [7, 11) is 0. The molecule has 0 N–H and O–H groups in total. The Morgan fingerprint density at radius 3 is 2.39 bits per heavy atom. The molecule has 0 saturated heterocycles. The molecule has 4 fully saturated rings. The van der Waals surface area contributed by atoms with Crippen molar-refractivity contribution in [3.63, 3.8) is 0 Å². The average Bonchev–Trinajstić information content (AvgIpc) is 2.45. The van der Waals surface area contributed by atoms with E-state index in [0.29, 0.717) is 11.8 Å². The number of hydrogen-bond acceptors (Lipinski definition) is 2. The lowest BCUT2D eigenvalue weighted by Gasteiger charge is -2.59. The van der Waals surface area contributed by atoms with Gasteiger partial charge in [-0.3, -0.25) is 4.79 Å². The van der Waals surface area contributed by atoms with E-state index in [2.05, 4.69) is 15.9 Å². The second-order valence-corrected chi connectivity index (χ2v) is 9.67. The first-order chi connectivity index (χ1) is 10.9. The van der Waals surface area contributed by atoms with Crippen LogP contribution in [-0.2, 0) is 9.53 Å². The van der Waals surface area contributed by atoms with Crippen LogP contribution in [0.3, 0.4) is 0 Å². The van der Waals surface area contributed by atoms with Crippen molar-refractivity contribution in [2.75, 3.05) is 0 Å². The van der Waals surface area contributed by atoms with Crippen LogP contribution >= 0.6 is 15.9 Å². The monoisotopic (exact) mass is 380 g/mol. The van der Waals surface area contributed by atoms with Gasteiger partial charge in [-0.05, 0) is 75.0 Å². The predicted molar refractivity (Wildman–Crippen MR) is 89.7 cm³/mol. The number of carbonyl (C=O) groups excluding carboxylic acids is 1. The third kappa shape index (κ3) is 2.73. The highest BCUT2D eigenvalue weighted by atomic mass is 79.9. The van der Waals surface area contributed by atoms with Gasteiger partial charge in [-0.1, -0.05) is 28.1 Å². The Balaban J connectivity index is 1.51. The van der Waals surface area contributed by atoms with E-state index in [1.807, 2.05) is 6.92 Å². The van der Waals surface area contributed by atoms with Crippen molar-refractivity contribution in [2.45, 2.75) is 55.9 Å². The van der Waals surface area contributed by atoms with E-state index in [-0.39, 0.29) is 27.6 Å². The highest BCUT2D eigenvalue weighted by Gasteiger charge is 2.60. The van der Waals surface area contributed by atoms with Gasteiger partial charge in [0.05, 0.1) is 5.41 Å². The van der Waals surface area contributed by atoms with Gasteiger partial charge in [0, 0.05) is 4.32 Å². The molecule has 0 radical (unpaired) electrons. The smallest absolute Gasteiger partial charge is 0.312 e. The predicted octanol–water partition coefficient (Wildman–Crippen LogP) is 5.16. The Bertz CT molecular complexity index is 613. The summed E-state index contributed by atoms with van der Waals surface area (Å²) in [6.07, 6.45) is 6.20. The fraction of sp³-hybridized carbons (Fsp3) is 0.632. The van der Waals surface area contributed by atoms with Crippen LogP contribution in [0.4, 0.5) is 4.39 Å². The maximum absolute atomic E-state index is 13.0. The molecule has 23 heavy (non-hydrogen) atoms. The van der Waals surface area contributed by atoms with E-state index >= 15 is 0 Å². The largest absolute Gasteiger partial charge is 0.457 e. The first-order valence-corrected chi connectivity index (χ1v) is 9.32. The van der Waals surface area contributed by atoms with E-state index in [0.717, 1.165) is 24.8 Å². The summed E-state index contributed by atoms with van der Waals surface area (Å²) in [6.45, 7) is 1.87. The lowest BCUT2D eigenvalue weighted by atomic mass is 9.49. The Morgan fingerprint density at radius 1 is 1.22 bits per heavy atom. The zero-order chi connectivity index (χ0) is 16.2. The van der Waals surface area contributed by atoms with Crippen LogP contribution in [0, 0.1) is 23.1 Å². The van der Waals surface area contributed by atoms with E-state index < -0.39 is 0 Å². The fourth-order valence-electron chi connectivity index (χ4n) is 5.48. The van der Waals surface area contributed by atoms with Crippen molar-refractivity contribution < 1.29 is 13.9 Å². The van der Waals surface area contributed by atoms with Crippen LogP contribution in [0.5, 0.6) is 0 Å². The van der Waals surface area contributed by atoms with Gasteiger partial charge in [-0.25, -0.2) is 4.39 Å². The molecule has 124 valence electrons. The Labute approximate surface area is 144 Å². The van der Waals surface area contributed by atoms with Crippen molar-refractivity contribution >= 4 is 21.9 Å². The molecule has 1 aromatic carbocycles. The molecule has 2 nitrogen and oxygen atoms in total. The number of rotatable bonds is 3.